The summed E-state index contributed by atoms with van der Waals surface area (Å²) in [7, 11) is 1.35. The van der Waals surface area contributed by atoms with E-state index >= 15 is 0 Å². The number of nitrogens with zero attached hydrogens (tertiary/aromatic N) is 2. The molecule has 8 nitrogen and oxygen atoms in total. The second kappa shape index (κ2) is 7.63. The van der Waals surface area contributed by atoms with Crippen LogP contribution in [0.1, 0.15) is 33.1 Å². The Balaban J connectivity index is 1.88. The molecule has 2 saturated heterocycles. The molecule has 2 heterocycles. The Labute approximate surface area is 141 Å². The summed E-state index contributed by atoms with van der Waals surface area (Å²) in [5, 5.41) is 2.63. The first-order chi connectivity index (χ1) is 11.3. The molecule has 0 radical (unpaired) electrons. The Morgan fingerprint density at radius 1 is 1.25 bits per heavy atom. The molecule has 0 aliphatic carbocycles. The number of hydrogen-bond donors (Lipinski definition) is 1. The molecule has 0 aromatic carbocycles. The second-order valence-corrected chi connectivity index (χ2v) is 6.73. The van der Waals surface area contributed by atoms with Crippen molar-refractivity contribution in [3.8, 4) is 0 Å². The van der Waals surface area contributed by atoms with Gasteiger partial charge in [-0.1, -0.05) is 13.8 Å². The van der Waals surface area contributed by atoms with Crippen molar-refractivity contribution >= 4 is 23.8 Å². The number of carbonyl (C=O) groups excluding carboxylic acids is 4. The summed E-state index contributed by atoms with van der Waals surface area (Å²) in [5.74, 6) is -0.787. The number of urea groups is 1. The lowest BCUT2D eigenvalue weighted by atomic mass is 9.97. The van der Waals surface area contributed by atoms with Gasteiger partial charge < -0.3 is 15.0 Å². The highest BCUT2D eigenvalue weighted by Crippen LogP contribution is 2.19. The van der Waals surface area contributed by atoms with Crippen LogP contribution in [0.25, 0.3) is 0 Å². The van der Waals surface area contributed by atoms with Crippen LogP contribution in [0.4, 0.5) is 4.79 Å². The Kier molecular flexibility index (Phi) is 5.80. The normalized spacial score (nSPS) is 22.1. The van der Waals surface area contributed by atoms with Crippen molar-refractivity contribution in [2.24, 2.45) is 11.8 Å². The smallest absolute Gasteiger partial charge is 0.325 e. The van der Waals surface area contributed by atoms with E-state index in [0.717, 1.165) is 4.90 Å². The minimum atomic E-state index is -0.546. The van der Waals surface area contributed by atoms with Gasteiger partial charge in [0.05, 0.1) is 13.0 Å². The molecule has 0 saturated carbocycles. The predicted molar refractivity (Wildman–Crippen MR) is 84.8 cm³/mol. The minimum Gasteiger partial charge on any atom is -0.469 e. The van der Waals surface area contributed by atoms with Crippen LogP contribution >= 0.6 is 0 Å². The molecule has 1 N–H and O–H groups in total. The van der Waals surface area contributed by atoms with Gasteiger partial charge in [-0.25, -0.2) is 4.79 Å². The quantitative estimate of drug-likeness (QED) is 0.576. The van der Waals surface area contributed by atoms with Gasteiger partial charge in [-0.3, -0.25) is 19.3 Å². The maximum atomic E-state index is 12.4. The number of methoxy groups -OCH3 is 1. The van der Waals surface area contributed by atoms with Crippen molar-refractivity contribution in [1.29, 1.82) is 0 Å². The number of piperidine rings is 1. The van der Waals surface area contributed by atoms with Gasteiger partial charge in [-0.15, -0.1) is 0 Å². The van der Waals surface area contributed by atoms with E-state index in [4.69, 9.17) is 4.74 Å². The summed E-state index contributed by atoms with van der Waals surface area (Å²) >= 11 is 0. The number of amides is 4. The summed E-state index contributed by atoms with van der Waals surface area (Å²) in [5.41, 5.74) is 0. The first-order valence-corrected chi connectivity index (χ1v) is 8.31. The summed E-state index contributed by atoms with van der Waals surface area (Å²) in [6.07, 6.45) is 1.63. The Morgan fingerprint density at radius 2 is 1.88 bits per heavy atom. The van der Waals surface area contributed by atoms with Crippen LogP contribution in [-0.2, 0) is 19.1 Å². The number of ether oxygens (including phenoxy) is 1. The van der Waals surface area contributed by atoms with E-state index in [-0.39, 0.29) is 36.2 Å². The number of hydrogen-bond acceptors (Lipinski definition) is 5. The molecule has 2 aliphatic rings. The van der Waals surface area contributed by atoms with E-state index in [2.05, 4.69) is 5.32 Å². The molecular formula is C16H25N3O5. The highest BCUT2D eigenvalue weighted by Gasteiger charge is 2.40. The zero-order valence-electron chi connectivity index (χ0n) is 14.4. The maximum absolute atomic E-state index is 12.4. The van der Waals surface area contributed by atoms with Gasteiger partial charge in [-0.05, 0) is 25.2 Å². The van der Waals surface area contributed by atoms with Crippen molar-refractivity contribution in [3.63, 3.8) is 0 Å². The third-order valence-electron chi connectivity index (χ3n) is 4.49. The zero-order valence-corrected chi connectivity index (χ0v) is 14.4. The number of imide groups is 1. The second-order valence-electron chi connectivity index (χ2n) is 6.73. The number of rotatable bonds is 5. The lowest BCUT2D eigenvalue weighted by Crippen LogP contribution is -2.46. The van der Waals surface area contributed by atoms with Crippen LogP contribution in [0.3, 0.4) is 0 Å². The molecule has 2 fully saturated rings. The number of likely N-dealkylation sites (tertiary alicyclic amines) is 1. The van der Waals surface area contributed by atoms with Crippen LogP contribution < -0.4 is 5.32 Å². The number of nitrogens with one attached hydrogen (secondary N) is 1. The summed E-state index contributed by atoms with van der Waals surface area (Å²) < 4.78 is 4.72. The maximum Gasteiger partial charge on any atom is 0.325 e. The lowest BCUT2D eigenvalue weighted by Gasteiger charge is -2.31. The van der Waals surface area contributed by atoms with Gasteiger partial charge in [0.1, 0.15) is 12.6 Å². The van der Waals surface area contributed by atoms with Gasteiger partial charge in [-0.2, -0.15) is 0 Å². The van der Waals surface area contributed by atoms with Crippen LogP contribution in [0.5, 0.6) is 0 Å². The van der Waals surface area contributed by atoms with E-state index in [1.807, 2.05) is 13.8 Å². The zero-order chi connectivity index (χ0) is 17.9. The highest BCUT2D eigenvalue weighted by molar-refractivity contribution is 6.06. The van der Waals surface area contributed by atoms with Gasteiger partial charge in [0.25, 0.3) is 5.91 Å². The van der Waals surface area contributed by atoms with E-state index in [0.29, 0.717) is 32.4 Å². The van der Waals surface area contributed by atoms with Crippen molar-refractivity contribution in [1.82, 2.24) is 15.1 Å². The molecule has 4 amide bonds. The molecule has 0 aromatic heterocycles. The molecule has 8 heteroatoms. The number of esters is 1. The molecule has 0 bridgehead atoms. The molecule has 1 atom stereocenters. The van der Waals surface area contributed by atoms with Crippen LogP contribution in [0, 0.1) is 11.8 Å². The minimum absolute atomic E-state index is 0.189. The molecular weight excluding hydrogens is 314 g/mol. The van der Waals surface area contributed by atoms with Crippen molar-refractivity contribution < 1.29 is 23.9 Å². The van der Waals surface area contributed by atoms with Crippen molar-refractivity contribution in [2.75, 3.05) is 26.7 Å². The fourth-order valence-corrected chi connectivity index (χ4v) is 3.12. The summed E-state index contributed by atoms with van der Waals surface area (Å²) in [6.45, 7) is 4.55. The largest absolute Gasteiger partial charge is 0.469 e. The monoisotopic (exact) mass is 339 g/mol. The van der Waals surface area contributed by atoms with Gasteiger partial charge in [0, 0.05) is 13.1 Å². The topological polar surface area (TPSA) is 96.0 Å². The van der Waals surface area contributed by atoms with Crippen LogP contribution in [0.2, 0.25) is 0 Å². The predicted octanol–water partition coefficient (Wildman–Crippen LogP) is 0.365. The average molecular weight is 339 g/mol. The molecule has 0 spiro atoms. The molecule has 134 valence electrons. The van der Waals surface area contributed by atoms with E-state index in [1.165, 1.54) is 7.11 Å². The average Bonchev–Trinajstić information content (AvgIpc) is 2.81. The molecule has 1 unspecified atom stereocenters. The third kappa shape index (κ3) is 4.04. The molecule has 24 heavy (non-hydrogen) atoms. The van der Waals surface area contributed by atoms with E-state index in [1.54, 1.807) is 4.90 Å². The van der Waals surface area contributed by atoms with Crippen molar-refractivity contribution in [2.45, 2.75) is 39.2 Å². The van der Waals surface area contributed by atoms with Crippen LogP contribution in [-0.4, -0.2) is 66.4 Å². The first-order valence-electron chi connectivity index (χ1n) is 8.31. The SMILES string of the molecule is COC(=O)C1CCN(C(=O)CN2C(=O)NC(CC(C)C)C2=O)CC1. The number of carbonyl (C=O) groups is 4. The first kappa shape index (κ1) is 18.2. The Bertz CT molecular complexity index is 526. The van der Waals surface area contributed by atoms with Gasteiger partial charge in [0.2, 0.25) is 5.91 Å². The van der Waals surface area contributed by atoms with E-state index in [9.17, 15) is 19.2 Å². The Hall–Kier alpha value is -2.12. The molecule has 0 aromatic rings. The van der Waals surface area contributed by atoms with Crippen molar-refractivity contribution in [3.05, 3.63) is 0 Å². The Morgan fingerprint density at radius 3 is 2.42 bits per heavy atom. The lowest BCUT2D eigenvalue weighted by molar-refractivity contribution is -0.149. The third-order valence-corrected chi connectivity index (χ3v) is 4.49. The fourth-order valence-electron chi connectivity index (χ4n) is 3.12. The molecule has 2 rings (SSSR count). The standard InChI is InChI=1S/C16H25N3O5/c1-10(2)8-12-14(21)19(16(23)17-12)9-13(20)18-6-4-11(5-7-18)15(22)24-3/h10-12H,4-9H2,1-3H3,(H,17,23). The molecule has 2 aliphatic heterocycles. The van der Waals surface area contributed by atoms with Gasteiger partial charge in [0.15, 0.2) is 0 Å². The fraction of sp³-hybridized carbons (Fsp3) is 0.750. The van der Waals surface area contributed by atoms with Gasteiger partial charge >= 0.3 is 12.0 Å². The van der Waals surface area contributed by atoms with E-state index < -0.39 is 12.1 Å². The summed E-state index contributed by atoms with van der Waals surface area (Å²) in [4.78, 5) is 50.6. The highest BCUT2D eigenvalue weighted by atomic mass is 16.5. The summed E-state index contributed by atoms with van der Waals surface area (Å²) in [6, 6.07) is -1.06. The van der Waals surface area contributed by atoms with Crippen LogP contribution in [0.15, 0.2) is 0 Å².